The highest BCUT2D eigenvalue weighted by molar-refractivity contribution is 5.74. The molecule has 0 bridgehead atoms. The summed E-state index contributed by atoms with van der Waals surface area (Å²) in [5, 5.41) is 0. The van der Waals surface area contributed by atoms with Crippen molar-refractivity contribution in [1.82, 2.24) is 15.0 Å². The van der Waals surface area contributed by atoms with E-state index in [4.69, 9.17) is 5.73 Å². The van der Waals surface area contributed by atoms with Gasteiger partial charge in [0, 0.05) is 24.0 Å². The molecule has 3 heterocycles. The summed E-state index contributed by atoms with van der Waals surface area (Å²) in [6.45, 7) is 1.77. The zero-order valence-electron chi connectivity index (χ0n) is 13.1. The molecule has 3 aromatic heterocycles. The van der Waals surface area contributed by atoms with Crippen LogP contribution in [0.2, 0.25) is 0 Å². The monoisotopic (exact) mass is 346 g/mol. The lowest BCUT2D eigenvalue weighted by molar-refractivity contribution is -0.140. The zero-order valence-corrected chi connectivity index (χ0v) is 13.1. The van der Waals surface area contributed by atoms with Gasteiger partial charge in [-0.2, -0.15) is 13.2 Å². The average Bonchev–Trinajstić information content (AvgIpc) is 2.55. The Bertz CT molecular complexity index is 996. The number of halogens is 3. The number of aromatic nitrogens is 3. The van der Waals surface area contributed by atoms with Crippen molar-refractivity contribution in [2.45, 2.75) is 13.1 Å². The van der Waals surface area contributed by atoms with Gasteiger partial charge in [-0.15, -0.1) is 0 Å². The van der Waals surface area contributed by atoms with Crippen molar-refractivity contribution < 1.29 is 13.2 Å². The third-order valence-electron chi connectivity index (χ3n) is 3.65. The van der Waals surface area contributed by atoms with Crippen molar-refractivity contribution in [2.24, 2.45) is 0 Å². The second kappa shape index (κ2) is 6.04. The fraction of sp³-hybridized carbons (Fsp3) is 0.118. The van der Waals surface area contributed by atoms with Gasteiger partial charge in [-0.3, -0.25) is 9.78 Å². The molecule has 0 saturated carbocycles. The average molecular weight is 346 g/mol. The first kappa shape index (κ1) is 16.7. The van der Waals surface area contributed by atoms with Crippen LogP contribution in [-0.2, 0) is 6.18 Å². The second-order valence-electron chi connectivity index (χ2n) is 5.47. The van der Waals surface area contributed by atoms with Crippen molar-refractivity contribution in [1.29, 1.82) is 0 Å². The number of aromatic amines is 1. The topological polar surface area (TPSA) is 84.7 Å². The summed E-state index contributed by atoms with van der Waals surface area (Å²) < 4.78 is 39.6. The molecular weight excluding hydrogens is 333 g/mol. The summed E-state index contributed by atoms with van der Waals surface area (Å²) in [5.74, 6) is 0.250. The van der Waals surface area contributed by atoms with Crippen molar-refractivity contribution in [3.05, 3.63) is 64.3 Å². The number of nitrogens with two attached hydrogens (primary N) is 1. The summed E-state index contributed by atoms with van der Waals surface area (Å²) in [4.78, 5) is 21.8. The maximum atomic E-state index is 13.2. The second-order valence-corrected chi connectivity index (χ2v) is 5.47. The van der Waals surface area contributed by atoms with Crippen LogP contribution in [0.15, 0.2) is 47.5 Å². The highest BCUT2D eigenvalue weighted by atomic mass is 19.4. The number of aryl methyl sites for hydroxylation is 1. The molecule has 0 aliphatic carbocycles. The van der Waals surface area contributed by atoms with E-state index in [2.05, 4.69) is 15.0 Å². The molecule has 3 aromatic rings. The third-order valence-corrected chi connectivity index (χ3v) is 3.65. The molecule has 0 amide bonds. The molecule has 0 fully saturated rings. The van der Waals surface area contributed by atoms with E-state index < -0.39 is 17.4 Å². The van der Waals surface area contributed by atoms with Gasteiger partial charge in [-0.25, -0.2) is 4.98 Å². The van der Waals surface area contributed by atoms with Gasteiger partial charge in [0.2, 0.25) is 5.56 Å². The molecular formula is C17H13F3N4O. The molecule has 3 N–H and O–H groups in total. The minimum Gasteiger partial charge on any atom is -0.384 e. The third kappa shape index (κ3) is 3.37. The van der Waals surface area contributed by atoms with Crippen molar-refractivity contribution in [3.63, 3.8) is 0 Å². The minimum atomic E-state index is -4.64. The quantitative estimate of drug-likeness (QED) is 0.745. The molecule has 0 radical (unpaired) electrons. The molecule has 0 aliphatic heterocycles. The highest BCUT2D eigenvalue weighted by Gasteiger charge is 2.35. The van der Waals surface area contributed by atoms with E-state index in [1.165, 1.54) is 30.5 Å². The number of nitrogens with zero attached hydrogens (tertiary/aromatic N) is 2. The van der Waals surface area contributed by atoms with Crippen LogP contribution in [-0.4, -0.2) is 15.0 Å². The number of hydrogen-bond acceptors (Lipinski definition) is 4. The molecule has 0 saturated heterocycles. The summed E-state index contributed by atoms with van der Waals surface area (Å²) in [5.41, 5.74) is 5.73. The van der Waals surface area contributed by atoms with Crippen LogP contribution in [0, 0.1) is 6.92 Å². The maximum absolute atomic E-state index is 13.2. The van der Waals surface area contributed by atoms with Gasteiger partial charge in [0.1, 0.15) is 5.82 Å². The Morgan fingerprint density at radius 2 is 1.88 bits per heavy atom. The Hall–Kier alpha value is -3.16. The van der Waals surface area contributed by atoms with E-state index in [0.29, 0.717) is 11.1 Å². The molecule has 8 heteroatoms. The molecule has 128 valence electrons. The van der Waals surface area contributed by atoms with Crippen molar-refractivity contribution in [2.75, 3.05) is 5.73 Å². The SMILES string of the molecule is Cc1cnc(N)cc1-c1cc(-c2cccnc2C(F)(F)F)[nH]c(=O)c1. The van der Waals surface area contributed by atoms with Gasteiger partial charge < -0.3 is 10.7 Å². The van der Waals surface area contributed by atoms with Gasteiger partial charge >= 0.3 is 6.18 Å². The number of pyridine rings is 3. The van der Waals surface area contributed by atoms with Gasteiger partial charge in [-0.05, 0) is 47.9 Å². The van der Waals surface area contributed by atoms with E-state index in [0.717, 1.165) is 11.8 Å². The summed E-state index contributed by atoms with van der Waals surface area (Å²) >= 11 is 0. The van der Waals surface area contributed by atoms with E-state index >= 15 is 0 Å². The molecule has 3 rings (SSSR count). The van der Waals surface area contributed by atoms with Crippen LogP contribution in [0.3, 0.4) is 0 Å². The van der Waals surface area contributed by atoms with E-state index in [1.54, 1.807) is 13.0 Å². The fourth-order valence-electron chi connectivity index (χ4n) is 2.54. The first-order valence-electron chi connectivity index (χ1n) is 7.25. The van der Waals surface area contributed by atoms with Crippen LogP contribution < -0.4 is 11.3 Å². The Balaban J connectivity index is 2.23. The maximum Gasteiger partial charge on any atom is 0.434 e. The van der Waals surface area contributed by atoms with Gasteiger partial charge in [-0.1, -0.05) is 0 Å². The lowest BCUT2D eigenvalue weighted by Crippen LogP contribution is -2.12. The standard InChI is InChI=1S/C17H13F3N4O/c1-9-8-23-14(21)7-12(9)10-5-13(24-15(25)6-10)11-3-2-4-22-16(11)17(18,19)20/h2-8H,1H3,(H2,21,23)(H,24,25). The lowest BCUT2D eigenvalue weighted by atomic mass is 10.00. The molecule has 0 atom stereocenters. The van der Waals surface area contributed by atoms with Gasteiger partial charge in [0.15, 0.2) is 5.69 Å². The number of rotatable bonds is 2. The normalized spacial score (nSPS) is 11.5. The van der Waals surface area contributed by atoms with Gasteiger partial charge in [0.05, 0.1) is 5.69 Å². The molecule has 5 nitrogen and oxygen atoms in total. The molecule has 0 spiro atoms. The fourth-order valence-corrected chi connectivity index (χ4v) is 2.54. The number of nitrogen functional groups attached to an aromatic ring is 1. The first-order valence-corrected chi connectivity index (χ1v) is 7.25. The van der Waals surface area contributed by atoms with Crippen LogP contribution in [0.5, 0.6) is 0 Å². The number of anilines is 1. The smallest absolute Gasteiger partial charge is 0.384 e. The molecule has 25 heavy (non-hydrogen) atoms. The number of nitrogens with one attached hydrogen (secondary N) is 1. The van der Waals surface area contributed by atoms with Crippen LogP contribution in [0.25, 0.3) is 22.4 Å². The predicted octanol–water partition coefficient (Wildman–Crippen LogP) is 3.41. The van der Waals surface area contributed by atoms with Crippen LogP contribution >= 0.6 is 0 Å². The minimum absolute atomic E-state index is 0.0257. The Morgan fingerprint density at radius 1 is 1.12 bits per heavy atom. The Morgan fingerprint density at radius 3 is 2.60 bits per heavy atom. The number of alkyl halides is 3. The Kier molecular flexibility index (Phi) is 4.03. The summed E-state index contributed by atoms with van der Waals surface area (Å²) in [6, 6.07) is 6.98. The van der Waals surface area contributed by atoms with E-state index in [9.17, 15) is 18.0 Å². The molecule has 0 aliphatic rings. The Labute approximate surface area is 140 Å². The number of hydrogen-bond donors (Lipinski definition) is 2. The lowest BCUT2D eigenvalue weighted by Gasteiger charge is -2.13. The molecule has 0 aromatic carbocycles. The van der Waals surface area contributed by atoms with Crippen LogP contribution in [0.1, 0.15) is 11.3 Å². The number of H-pyrrole nitrogens is 1. The van der Waals surface area contributed by atoms with Crippen molar-refractivity contribution in [3.8, 4) is 22.4 Å². The summed E-state index contributed by atoms with van der Waals surface area (Å²) in [6.07, 6.45) is -2.04. The van der Waals surface area contributed by atoms with Gasteiger partial charge in [0.25, 0.3) is 0 Å². The van der Waals surface area contributed by atoms with Crippen molar-refractivity contribution >= 4 is 5.82 Å². The van der Waals surface area contributed by atoms with E-state index in [-0.39, 0.29) is 17.1 Å². The predicted molar refractivity (Wildman–Crippen MR) is 87.7 cm³/mol. The van der Waals surface area contributed by atoms with Crippen LogP contribution in [0.4, 0.5) is 19.0 Å². The first-order chi connectivity index (χ1) is 11.8. The largest absolute Gasteiger partial charge is 0.434 e. The highest BCUT2D eigenvalue weighted by Crippen LogP contribution is 2.35. The molecule has 0 unspecified atom stereocenters. The zero-order chi connectivity index (χ0) is 18.2. The van der Waals surface area contributed by atoms with E-state index in [1.807, 2.05) is 0 Å². The summed E-state index contributed by atoms with van der Waals surface area (Å²) in [7, 11) is 0.